The van der Waals surface area contributed by atoms with Crippen LogP contribution in [0.2, 0.25) is 0 Å². The summed E-state index contributed by atoms with van der Waals surface area (Å²) in [5.74, 6) is -2.90. The van der Waals surface area contributed by atoms with Crippen LogP contribution in [0.15, 0.2) is 0 Å². The van der Waals surface area contributed by atoms with Gasteiger partial charge in [-0.2, -0.15) is 8.78 Å². The van der Waals surface area contributed by atoms with Gasteiger partial charge in [0.05, 0.1) is 0 Å². The van der Waals surface area contributed by atoms with Gasteiger partial charge in [0.25, 0.3) is 0 Å². The molecule has 0 rings (SSSR count). The highest BCUT2D eigenvalue weighted by atomic mass is 32.2. The first-order valence-electron chi connectivity index (χ1n) is 8.32. The van der Waals surface area contributed by atoms with Gasteiger partial charge in [0.1, 0.15) is 13.2 Å². The van der Waals surface area contributed by atoms with Gasteiger partial charge in [0.2, 0.25) is 0 Å². The van der Waals surface area contributed by atoms with Crippen LogP contribution in [0.25, 0.3) is 0 Å². The number of rotatable bonds is 14. The second-order valence-corrected chi connectivity index (χ2v) is 7.12. The fourth-order valence-electron chi connectivity index (χ4n) is 1.96. The van der Waals surface area contributed by atoms with E-state index in [1.54, 1.807) is 0 Å². The molecule has 0 bridgehead atoms. The summed E-state index contributed by atoms with van der Waals surface area (Å²) in [7, 11) is -5.65. The Morgan fingerprint density at radius 1 is 0.920 bits per heavy atom. The van der Waals surface area contributed by atoms with Crippen LogP contribution in [0, 0.1) is 0 Å². The van der Waals surface area contributed by atoms with Gasteiger partial charge in [-0.1, -0.05) is 51.9 Å². The van der Waals surface area contributed by atoms with Crippen molar-refractivity contribution in [1.82, 2.24) is 0 Å². The van der Waals surface area contributed by atoms with E-state index < -0.39 is 40.5 Å². The van der Waals surface area contributed by atoms with E-state index in [0.717, 1.165) is 19.3 Å². The van der Waals surface area contributed by atoms with Gasteiger partial charge in [0, 0.05) is 6.42 Å². The Kier molecular flexibility index (Phi) is 11.5. The molecule has 0 aromatic rings. The monoisotopic (exact) mass is 389 g/mol. The Hall–Kier alpha value is -1.29. The number of alkyl halides is 2. The highest BCUT2D eigenvalue weighted by molar-refractivity contribution is 7.87. The number of carbonyl (C=O) groups excluding carboxylic acids is 2. The second-order valence-electron chi connectivity index (χ2n) is 5.60. The Balaban J connectivity index is 3.70. The number of carbonyl (C=O) groups is 2. The molecule has 0 spiro atoms. The molecule has 0 fully saturated rings. The summed E-state index contributed by atoms with van der Waals surface area (Å²) in [4.78, 5) is 22.3. The predicted octanol–water partition coefficient (Wildman–Crippen LogP) is 2.25. The first-order valence-corrected chi connectivity index (χ1v) is 9.81. The molecule has 10 heteroatoms. The van der Waals surface area contributed by atoms with E-state index in [4.69, 9.17) is 9.29 Å². The fourth-order valence-corrected chi connectivity index (χ4v) is 2.24. The summed E-state index contributed by atoms with van der Waals surface area (Å²) in [6.45, 7) is 0.998. The average Bonchev–Trinajstić information content (AvgIpc) is 2.52. The van der Waals surface area contributed by atoms with Crippen LogP contribution < -0.4 is 0 Å². The Morgan fingerprint density at radius 3 is 1.92 bits per heavy atom. The molecule has 0 radical (unpaired) electrons. The van der Waals surface area contributed by atoms with Crippen LogP contribution in [0.5, 0.6) is 0 Å². The molecule has 2 N–H and O–H groups in total. The molecule has 0 aliphatic carbocycles. The molecule has 0 saturated heterocycles. The smallest absolute Gasteiger partial charge is 0.462 e. The molecule has 0 aliphatic rings. The first kappa shape index (κ1) is 23.7. The number of esters is 2. The minimum absolute atomic E-state index is 0.181. The van der Waals surface area contributed by atoms with E-state index in [1.807, 2.05) is 0 Å². The van der Waals surface area contributed by atoms with Crippen LogP contribution in [-0.4, -0.2) is 43.4 Å². The number of halogens is 2. The van der Waals surface area contributed by atoms with Crippen LogP contribution in [0.1, 0.15) is 64.7 Å². The van der Waals surface area contributed by atoms with Crippen molar-refractivity contribution in [3.8, 4) is 0 Å². The van der Waals surface area contributed by atoms with Gasteiger partial charge in [-0.05, 0) is 6.42 Å². The van der Waals surface area contributed by atoms with Gasteiger partial charge in [-0.3, -0.25) is 4.79 Å². The van der Waals surface area contributed by atoms with Crippen LogP contribution in [0.3, 0.4) is 0 Å². The lowest BCUT2D eigenvalue weighted by Crippen LogP contribution is -2.39. The summed E-state index contributed by atoms with van der Waals surface area (Å²) < 4.78 is 61.5. The van der Waals surface area contributed by atoms with Gasteiger partial charge in [-0.15, -0.1) is 8.42 Å². The van der Waals surface area contributed by atoms with E-state index >= 15 is 0 Å². The van der Waals surface area contributed by atoms with Gasteiger partial charge >= 0.3 is 27.3 Å². The third-order valence-electron chi connectivity index (χ3n) is 3.39. The van der Waals surface area contributed by atoms with Gasteiger partial charge in [-0.25, -0.2) is 4.79 Å². The summed E-state index contributed by atoms with van der Waals surface area (Å²) in [6.07, 6.45) is 8.71. The molecule has 7 nitrogen and oxygen atoms in total. The maximum absolute atomic E-state index is 12.9. The van der Waals surface area contributed by atoms with Gasteiger partial charge < -0.3 is 14.0 Å². The van der Waals surface area contributed by atoms with E-state index in [0.29, 0.717) is 6.42 Å². The fraction of sp³-hybridized carbons (Fsp3) is 0.867. The Morgan fingerprint density at radius 2 is 1.40 bits per heavy atom. The molecule has 0 aromatic heterocycles. The molecular formula is C15H27F2O7S+. The molecule has 0 heterocycles. The second kappa shape index (κ2) is 12.1. The van der Waals surface area contributed by atoms with Crippen molar-refractivity contribution < 1.29 is 40.8 Å². The predicted molar refractivity (Wildman–Crippen MR) is 86.6 cm³/mol. The van der Waals surface area contributed by atoms with Crippen LogP contribution >= 0.6 is 0 Å². The highest BCUT2D eigenvalue weighted by Crippen LogP contribution is 2.21. The molecule has 0 aromatic carbocycles. The number of ether oxygens (including phenoxy) is 2. The largest absolute Gasteiger partial charge is 0.512 e. The zero-order valence-corrected chi connectivity index (χ0v) is 15.2. The molecule has 0 atom stereocenters. The SMILES string of the molecule is CCCCCCCCCCC(=O)OCCOC(=O)C(F)(F)S(=O)(=O)[OH2+]. The Labute approximate surface area is 146 Å². The number of unbranched alkanes of at least 4 members (excludes halogenated alkanes) is 7. The average molecular weight is 389 g/mol. The standard InChI is InChI=1S/C15H26F2O7S/c1-2-3-4-5-6-7-8-9-10-13(18)23-11-12-24-14(19)15(16,17)25(20,21)22/h2-12H2,1H3,(H,20,21,22)/p+1. The highest BCUT2D eigenvalue weighted by Gasteiger charge is 2.58. The first-order chi connectivity index (χ1) is 11.6. The number of hydrogen-bond donors (Lipinski definition) is 0. The molecule has 25 heavy (non-hydrogen) atoms. The third-order valence-corrected chi connectivity index (χ3v) is 4.23. The molecular weight excluding hydrogens is 362 g/mol. The summed E-state index contributed by atoms with van der Waals surface area (Å²) in [5, 5.41) is -4.94. The van der Waals surface area contributed by atoms with Crippen molar-refractivity contribution in [2.24, 2.45) is 0 Å². The van der Waals surface area contributed by atoms with Crippen molar-refractivity contribution in [2.45, 2.75) is 70.0 Å². The zero-order chi connectivity index (χ0) is 19.3. The van der Waals surface area contributed by atoms with E-state index in [-0.39, 0.29) is 6.42 Å². The maximum Gasteiger partial charge on any atom is 0.512 e. The molecule has 0 aliphatic heterocycles. The Bertz CT molecular complexity index is 506. The van der Waals surface area contributed by atoms with Crippen molar-refractivity contribution in [2.75, 3.05) is 13.2 Å². The summed E-state index contributed by atoms with van der Waals surface area (Å²) in [5.41, 5.74) is 0. The molecule has 0 amide bonds. The van der Waals surface area contributed by atoms with Crippen LogP contribution in [-0.2, 0) is 29.2 Å². The maximum atomic E-state index is 12.9. The van der Waals surface area contributed by atoms with Crippen molar-refractivity contribution >= 4 is 22.1 Å². The molecule has 0 unspecified atom stereocenters. The summed E-state index contributed by atoms with van der Waals surface area (Å²) in [6, 6.07) is 0. The van der Waals surface area contributed by atoms with Crippen molar-refractivity contribution in [3.05, 3.63) is 0 Å². The lowest BCUT2D eigenvalue weighted by Gasteiger charge is -2.10. The minimum Gasteiger partial charge on any atom is -0.462 e. The quantitative estimate of drug-likeness (QED) is 0.256. The normalized spacial score (nSPS) is 12.0. The topological polar surface area (TPSA) is 110 Å². The molecule has 148 valence electrons. The van der Waals surface area contributed by atoms with Gasteiger partial charge in [0.15, 0.2) is 0 Å². The van der Waals surface area contributed by atoms with Crippen molar-refractivity contribution in [1.29, 1.82) is 0 Å². The molecule has 0 saturated carbocycles. The lowest BCUT2D eigenvalue weighted by molar-refractivity contribution is -0.165. The van der Waals surface area contributed by atoms with E-state index in [9.17, 15) is 26.8 Å². The van der Waals surface area contributed by atoms with Crippen LogP contribution in [0.4, 0.5) is 8.78 Å². The lowest BCUT2D eigenvalue weighted by atomic mass is 10.1. The number of hydrogen-bond acceptors (Lipinski definition) is 6. The van der Waals surface area contributed by atoms with E-state index in [1.165, 1.54) is 25.7 Å². The summed E-state index contributed by atoms with van der Waals surface area (Å²) >= 11 is 0. The third kappa shape index (κ3) is 10.3. The zero-order valence-electron chi connectivity index (χ0n) is 14.4. The van der Waals surface area contributed by atoms with Crippen molar-refractivity contribution in [3.63, 3.8) is 0 Å². The minimum atomic E-state index is -5.65. The van der Waals surface area contributed by atoms with E-state index in [2.05, 4.69) is 11.7 Å².